The van der Waals surface area contributed by atoms with Gasteiger partial charge in [-0.1, -0.05) is 18.5 Å². The van der Waals surface area contributed by atoms with Crippen LogP contribution in [0.3, 0.4) is 0 Å². The van der Waals surface area contributed by atoms with Crippen molar-refractivity contribution in [2.75, 3.05) is 7.05 Å². The van der Waals surface area contributed by atoms with Gasteiger partial charge in [-0.3, -0.25) is 4.79 Å². The molecule has 0 bridgehead atoms. The van der Waals surface area contributed by atoms with E-state index in [1.807, 2.05) is 0 Å². The summed E-state index contributed by atoms with van der Waals surface area (Å²) in [6.45, 7) is 1.39. The molecule has 0 saturated heterocycles. The zero-order valence-electron chi connectivity index (χ0n) is 13.8. The number of halogens is 6. The van der Waals surface area contributed by atoms with Gasteiger partial charge in [0.1, 0.15) is 16.5 Å². The third-order valence-electron chi connectivity index (χ3n) is 3.70. The normalized spacial score (nSPS) is 11.6. The molecule has 0 aliphatic carbocycles. The first-order valence-corrected chi connectivity index (χ1v) is 9.09. The van der Waals surface area contributed by atoms with E-state index < -0.39 is 66.1 Å². The van der Waals surface area contributed by atoms with Crippen molar-refractivity contribution in [2.45, 2.75) is 18.2 Å². The lowest BCUT2D eigenvalue weighted by atomic mass is 10.0. The van der Waals surface area contributed by atoms with E-state index in [0.29, 0.717) is 16.4 Å². The first kappa shape index (κ1) is 21.1. The average molecular weight is 428 g/mol. The number of sulfonamides is 1. The van der Waals surface area contributed by atoms with Gasteiger partial charge in [0.15, 0.2) is 17.5 Å². The molecule has 0 atom stereocenters. The summed E-state index contributed by atoms with van der Waals surface area (Å²) < 4.78 is 94.1. The van der Waals surface area contributed by atoms with E-state index in [2.05, 4.69) is 0 Å². The molecule has 2 aromatic carbocycles. The molecule has 11 heteroatoms. The van der Waals surface area contributed by atoms with Crippen molar-refractivity contribution in [2.24, 2.45) is 0 Å². The predicted octanol–water partition coefficient (Wildman–Crippen LogP) is 4.26. The average Bonchev–Trinajstić information content (AvgIpc) is 2.59. The molecule has 0 heterocycles. The Morgan fingerprint density at radius 1 is 1.00 bits per heavy atom. The fourth-order valence-electron chi connectivity index (χ4n) is 2.24. The minimum atomic E-state index is -4.60. The van der Waals surface area contributed by atoms with Gasteiger partial charge in [0, 0.05) is 25.1 Å². The highest BCUT2D eigenvalue weighted by Crippen LogP contribution is 2.36. The van der Waals surface area contributed by atoms with Crippen LogP contribution in [0, 0.1) is 29.1 Å². The Morgan fingerprint density at radius 2 is 1.59 bits per heavy atom. The van der Waals surface area contributed by atoms with E-state index in [1.165, 1.54) is 6.92 Å². The van der Waals surface area contributed by atoms with E-state index in [4.69, 9.17) is 11.6 Å². The molecule has 0 saturated carbocycles. The number of hydrogen-bond donors (Lipinski definition) is 0. The largest absolute Gasteiger partial charge is 0.274 e. The molecule has 2 aromatic rings. The van der Waals surface area contributed by atoms with Crippen molar-refractivity contribution in [3.05, 3.63) is 52.3 Å². The van der Waals surface area contributed by atoms with Crippen LogP contribution >= 0.6 is 11.6 Å². The maximum absolute atomic E-state index is 14.2. The summed E-state index contributed by atoms with van der Waals surface area (Å²) in [6, 6.07) is 0.877. The van der Waals surface area contributed by atoms with E-state index in [1.54, 1.807) is 0 Å². The molecule has 0 aromatic heterocycles. The Balaban J connectivity index is 2.80. The number of amides is 1. The van der Waals surface area contributed by atoms with Crippen molar-refractivity contribution in [1.29, 1.82) is 0 Å². The van der Waals surface area contributed by atoms with Crippen molar-refractivity contribution in [3.8, 4) is 11.1 Å². The molecule has 27 heavy (non-hydrogen) atoms. The molecule has 0 spiro atoms. The van der Waals surface area contributed by atoms with Gasteiger partial charge in [-0.2, -0.15) is 0 Å². The van der Waals surface area contributed by atoms with Gasteiger partial charge in [0.2, 0.25) is 5.91 Å². The topological polar surface area (TPSA) is 54.5 Å². The first-order chi connectivity index (χ1) is 12.4. The van der Waals surface area contributed by atoms with Crippen molar-refractivity contribution >= 4 is 27.5 Å². The summed E-state index contributed by atoms with van der Waals surface area (Å²) in [5.41, 5.74) is -2.33. The number of benzene rings is 2. The third kappa shape index (κ3) is 3.63. The number of rotatable bonds is 4. The highest BCUT2D eigenvalue weighted by Gasteiger charge is 2.30. The zero-order valence-corrected chi connectivity index (χ0v) is 15.4. The fraction of sp³-hybridized carbons (Fsp3) is 0.188. The Hall–Kier alpha value is -2.20. The van der Waals surface area contributed by atoms with Crippen LogP contribution < -0.4 is 0 Å². The molecule has 0 aliphatic rings. The Labute approximate surface area is 156 Å². The molecule has 0 N–H and O–H groups in total. The Bertz CT molecular complexity index is 1040. The van der Waals surface area contributed by atoms with E-state index in [0.717, 1.165) is 7.05 Å². The Kier molecular flexibility index (Phi) is 5.81. The lowest BCUT2D eigenvalue weighted by Crippen LogP contribution is -2.32. The summed E-state index contributed by atoms with van der Waals surface area (Å²) in [7, 11) is -3.68. The predicted molar refractivity (Wildman–Crippen MR) is 86.9 cm³/mol. The zero-order chi connectivity index (χ0) is 20.7. The minimum absolute atomic E-state index is 0.0112. The molecule has 0 aliphatic heterocycles. The maximum atomic E-state index is 14.2. The minimum Gasteiger partial charge on any atom is -0.274 e. The van der Waals surface area contributed by atoms with Gasteiger partial charge in [0.25, 0.3) is 10.0 Å². The Morgan fingerprint density at radius 3 is 2.15 bits per heavy atom. The molecular weight excluding hydrogens is 417 g/mol. The monoisotopic (exact) mass is 427 g/mol. The highest BCUT2D eigenvalue weighted by atomic mass is 35.5. The first-order valence-electron chi connectivity index (χ1n) is 7.27. The SMILES string of the molecule is CCC(=O)N(C)S(=O)(=O)c1cc(-c2c(F)cc(F)c(F)c2F)c(F)cc1Cl. The van der Waals surface area contributed by atoms with Crippen LogP contribution in [0.15, 0.2) is 23.1 Å². The molecule has 146 valence electrons. The third-order valence-corrected chi connectivity index (χ3v) is 5.94. The molecule has 0 radical (unpaired) electrons. The molecule has 0 fully saturated rings. The summed E-state index contributed by atoms with van der Waals surface area (Å²) in [6.07, 6.45) is -0.187. The number of carbonyl (C=O) groups excluding carboxylic acids is 1. The van der Waals surface area contributed by atoms with E-state index >= 15 is 0 Å². The summed E-state index contributed by atoms with van der Waals surface area (Å²) >= 11 is 5.72. The highest BCUT2D eigenvalue weighted by molar-refractivity contribution is 7.89. The van der Waals surface area contributed by atoms with Crippen molar-refractivity contribution < 1.29 is 35.2 Å². The quantitative estimate of drug-likeness (QED) is 0.416. The molecule has 1 amide bonds. The van der Waals surface area contributed by atoms with Gasteiger partial charge in [-0.25, -0.2) is 34.7 Å². The number of nitrogens with zero attached hydrogens (tertiary/aromatic N) is 1. The second-order valence-electron chi connectivity index (χ2n) is 5.33. The number of hydrogen-bond acceptors (Lipinski definition) is 3. The van der Waals surface area contributed by atoms with Crippen LogP contribution in [0.4, 0.5) is 22.0 Å². The second-order valence-corrected chi connectivity index (χ2v) is 7.67. The molecule has 4 nitrogen and oxygen atoms in total. The van der Waals surface area contributed by atoms with Gasteiger partial charge in [-0.15, -0.1) is 0 Å². The molecular formula is C16H11ClF5NO3S. The van der Waals surface area contributed by atoms with Crippen LogP contribution in [0.25, 0.3) is 11.1 Å². The summed E-state index contributed by atoms with van der Waals surface area (Å²) in [4.78, 5) is 10.8. The number of carbonyl (C=O) groups is 1. The smallest absolute Gasteiger partial charge is 0.267 e. The van der Waals surface area contributed by atoms with E-state index in [9.17, 15) is 35.2 Å². The van der Waals surface area contributed by atoms with Gasteiger partial charge in [0.05, 0.1) is 10.6 Å². The summed E-state index contributed by atoms with van der Waals surface area (Å²) in [5.74, 6) is -9.83. The standard InChI is InChI=1S/C16H11ClF5NO3S/c1-3-13(24)23(2)27(25,26)12-4-7(9(18)5-8(12)17)14-10(19)6-11(20)15(21)16(14)22/h4-6H,3H2,1-2H3. The van der Waals surface area contributed by atoms with Crippen LogP contribution in [-0.4, -0.2) is 25.7 Å². The van der Waals surface area contributed by atoms with Crippen LogP contribution in [0.1, 0.15) is 13.3 Å². The van der Waals surface area contributed by atoms with E-state index in [-0.39, 0.29) is 12.5 Å². The van der Waals surface area contributed by atoms with Crippen molar-refractivity contribution in [1.82, 2.24) is 4.31 Å². The van der Waals surface area contributed by atoms with Gasteiger partial charge < -0.3 is 0 Å². The van der Waals surface area contributed by atoms with Crippen LogP contribution in [-0.2, 0) is 14.8 Å². The fourth-order valence-corrected chi connectivity index (χ4v) is 3.94. The molecule has 2 rings (SSSR count). The van der Waals surface area contributed by atoms with Gasteiger partial charge >= 0.3 is 0 Å². The van der Waals surface area contributed by atoms with Crippen molar-refractivity contribution in [3.63, 3.8) is 0 Å². The van der Waals surface area contributed by atoms with Crippen LogP contribution in [0.5, 0.6) is 0 Å². The lowest BCUT2D eigenvalue weighted by Gasteiger charge is -2.19. The van der Waals surface area contributed by atoms with Gasteiger partial charge in [-0.05, 0) is 12.1 Å². The lowest BCUT2D eigenvalue weighted by molar-refractivity contribution is -0.125. The summed E-state index contributed by atoms with van der Waals surface area (Å²) in [5, 5.41) is -0.671. The molecule has 0 unspecified atom stereocenters. The maximum Gasteiger partial charge on any atom is 0.267 e. The second kappa shape index (κ2) is 7.43. The van der Waals surface area contributed by atoms with Crippen LogP contribution in [0.2, 0.25) is 5.02 Å².